The fourth-order valence-electron chi connectivity index (χ4n) is 3.97. The van der Waals surface area contributed by atoms with Crippen molar-refractivity contribution in [3.05, 3.63) is 71.9 Å². The first kappa shape index (κ1) is 19.5. The van der Waals surface area contributed by atoms with Crippen LogP contribution in [-0.4, -0.2) is 41.5 Å². The molecule has 3 N–H and O–H groups in total. The van der Waals surface area contributed by atoms with Gasteiger partial charge in [0.1, 0.15) is 0 Å². The standard InChI is InChI=1S/C24H31N5/c1-2-25-24(26-17-22-16-20-10-6-7-11-23(20)27-22)28-21-12-14-29(15-13-21)18-19-8-4-3-5-9-19/h3-11,16,21,27H,2,12-15,17-18H2,1H3,(H2,25,26,28). The average molecular weight is 390 g/mol. The second kappa shape index (κ2) is 9.61. The van der Waals surface area contributed by atoms with Gasteiger partial charge in [-0.2, -0.15) is 0 Å². The van der Waals surface area contributed by atoms with Gasteiger partial charge in [-0.3, -0.25) is 4.90 Å². The summed E-state index contributed by atoms with van der Waals surface area (Å²) in [6.45, 7) is 6.91. The molecule has 1 aliphatic heterocycles. The van der Waals surface area contributed by atoms with Gasteiger partial charge in [0.15, 0.2) is 5.96 Å². The van der Waals surface area contributed by atoms with Crippen LogP contribution in [0, 0.1) is 0 Å². The molecule has 0 bridgehead atoms. The van der Waals surface area contributed by atoms with Crippen molar-refractivity contribution in [3.63, 3.8) is 0 Å². The highest BCUT2D eigenvalue weighted by Gasteiger charge is 2.20. The van der Waals surface area contributed by atoms with Crippen LogP contribution in [0.25, 0.3) is 10.9 Å². The van der Waals surface area contributed by atoms with E-state index in [9.17, 15) is 0 Å². The number of nitrogens with one attached hydrogen (secondary N) is 3. The van der Waals surface area contributed by atoms with Crippen LogP contribution >= 0.6 is 0 Å². The van der Waals surface area contributed by atoms with E-state index in [1.807, 2.05) is 0 Å². The lowest BCUT2D eigenvalue weighted by Crippen LogP contribution is -2.48. The Balaban J connectivity index is 1.30. The molecule has 0 atom stereocenters. The minimum Gasteiger partial charge on any atom is -0.357 e. The van der Waals surface area contributed by atoms with Gasteiger partial charge in [-0.15, -0.1) is 0 Å². The minimum absolute atomic E-state index is 0.475. The Morgan fingerprint density at radius 1 is 1.07 bits per heavy atom. The van der Waals surface area contributed by atoms with Gasteiger partial charge in [0.2, 0.25) is 0 Å². The topological polar surface area (TPSA) is 55.5 Å². The van der Waals surface area contributed by atoms with E-state index < -0.39 is 0 Å². The van der Waals surface area contributed by atoms with Crippen molar-refractivity contribution in [2.45, 2.75) is 38.9 Å². The number of aromatic nitrogens is 1. The van der Waals surface area contributed by atoms with Gasteiger partial charge in [-0.05, 0) is 42.8 Å². The van der Waals surface area contributed by atoms with Gasteiger partial charge < -0.3 is 15.6 Å². The van der Waals surface area contributed by atoms with E-state index in [-0.39, 0.29) is 0 Å². The molecule has 5 nitrogen and oxygen atoms in total. The van der Waals surface area contributed by atoms with Crippen LogP contribution in [0.1, 0.15) is 31.0 Å². The molecule has 2 heterocycles. The van der Waals surface area contributed by atoms with E-state index in [0.29, 0.717) is 12.6 Å². The van der Waals surface area contributed by atoms with Crippen molar-refractivity contribution in [2.75, 3.05) is 19.6 Å². The zero-order valence-electron chi connectivity index (χ0n) is 17.2. The van der Waals surface area contributed by atoms with Crippen molar-refractivity contribution < 1.29 is 0 Å². The molecule has 0 aliphatic carbocycles. The number of H-pyrrole nitrogens is 1. The van der Waals surface area contributed by atoms with Gasteiger partial charge >= 0.3 is 0 Å². The zero-order valence-corrected chi connectivity index (χ0v) is 17.2. The average Bonchev–Trinajstić information content (AvgIpc) is 3.17. The number of piperidine rings is 1. The predicted molar refractivity (Wildman–Crippen MR) is 121 cm³/mol. The lowest BCUT2D eigenvalue weighted by atomic mass is 10.0. The Kier molecular flexibility index (Phi) is 6.47. The third-order valence-corrected chi connectivity index (χ3v) is 5.51. The summed E-state index contributed by atoms with van der Waals surface area (Å²) in [7, 11) is 0. The van der Waals surface area contributed by atoms with Gasteiger partial charge in [0, 0.05) is 43.4 Å². The van der Waals surface area contributed by atoms with Crippen LogP contribution in [0.5, 0.6) is 0 Å². The lowest BCUT2D eigenvalue weighted by molar-refractivity contribution is 0.198. The fraction of sp³-hybridized carbons (Fsp3) is 0.375. The van der Waals surface area contributed by atoms with E-state index in [0.717, 1.165) is 50.7 Å². The fourth-order valence-corrected chi connectivity index (χ4v) is 3.97. The second-order valence-corrected chi connectivity index (χ2v) is 7.76. The molecule has 3 aromatic rings. The summed E-state index contributed by atoms with van der Waals surface area (Å²) in [4.78, 5) is 10.8. The van der Waals surface area contributed by atoms with Gasteiger partial charge in [-0.1, -0.05) is 48.5 Å². The van der Waals surface area contributed by atoms with E-state index in [1.165, 1.54) is 16.5 Å². The quantitative estimate of drug-likeness (QED) is 0.443. The number of rotatable bonds is 6. The van der Waals surface area contributed by atoms with E-state index in [4.69, 9.17) is 4.99 Å². The van der Waals surface area contributed by atoms with Crippen molar-refractivity contribution in [2.24, 2.45) is 4.99 Å². The summed E-state index contributed by atoms with van der Waals surface area (Å²) in [5, 5.41) is 8.28. The van der Waals surface area contributed by atoms with Gasteiger partial charge in [-0.25, -0.2) is 4.99 Å². The molecule has 5 heteroatoms. The summed E-state index contributed by atoms with van der Waals surface area (Å²) in [5.74, 6) is 0.910. The summed E-state index contributed by atoms with van der Waals surface area (Å²) in [6, 6.07) is 21.8. The highest BCUT2D eigenvalue weighted by Crippen LogP contribution is 2.16. The van der Waals surface area contributed by atoms with Crippen molar-refractivity contribution in [1.82, 2.24) is 20.5 Å². The number of likely N-dealkylation sites (tertiary alicyclic amines) is 1. The maximum absolute atomic E-state index is 4.81. The van der Waals surface area contributed by atoms with E-state index in [2.05, 4.69) is 88.1 Å². The summed E-state index contributed by atoms with van der Waals surface area (Å²) < 4.78 is 0. The predicted octanol–water partition coefficient (Wildman–Crippen LogP) is 3.89. The number of aromatic amines is 1. The normalized spacial score (nSPS) is 16.2. The van der Waals surface area contributed by atoms with E-state index in [1.54, 1.807) is 0 Å². The summed E-state index contributed by atoms with van der Waals surface area (Å²) in [6.07, 6.45) is 2.28. The smallest absolute Gasteiger partial charge is 0.191 e. The maximum Gasteiger partial charge on any atom is 0.191 e. The number of hydrogen-bond acceptors (Lipinski definition) is 2. The molecular weight excluding hydrogens is 358 g/mol. The number of hydrogen-bond donors (Lipinski definition) is 3. The first-order valence-corrected chi connectivity index (χ1v) is 10.7. The monoisotopic (exact) mass is 389 g/mol. The molecule has 2 aromatic carbocycles. The molecule has 0 saturated carbocycles. The lowest BCUT2D eigenvalue weighted by Gasteiger charge is -2.33. The number of para-hydroxylation sites is 1. The Hall–Kier alpha value is -2.79. The minimum atomic E-state index is 0.475. The van der Waals surface area contributed by atoms with Crippen LogP contribution in [-0.2, 0) is 13.1 Å². The van der Waals surface area contributed by atoms with Crippen LogP contribution < -0.4 is 10.6 Å². The number of nitrogens with zero attached hydrogens (tertiary/aromatic N) is 2. The first-order chi connectivity index (χ1) is 14.3. The highest BCUT2D eigenvalue weighted by atomic mass is 15.2. The van der Waals surface area contributed by atoms with Gasteiger partial charge in [0.05, 0.1) is 6.54 Å². The Labute approximate surface area is 173 Å². The van der Waals surface area contributed by atoms with Crippen molar-refractivity contribution in [3.8, 4) is 0 Å². The molecule has 29 heavy (non-hydrogen) atoms. The summed E-state index contributed by atoms with van der Waals surface area (Å²) >= 11 is 0. The SMILES string of the molecule is CCNC(=NCc1cc2ccccc2[nH]1)NC1CCN(Cc2ccccc2)CC1. The molecule has 0 amide bonds. The molecule has 4 rings (SSSR count). The van der Waals surface area contributed by atoms with Crippen molar-refractivity contribution >= 4 is 16.9 Å². The van der Waals surface area contributed by atoms with Crippen LogP contribution in [0.2, 0.25) is 0 Å². The van der Waals surface area contributed by atoms with Crippen LogP contribution in [0.3, 0.4) is 0 Å². The molecule has 152 valence electrons. The molecule has 0 radical (unpaired) electrons. The third-order valence-electron chi connectivity index (χ3n) is 5.51. The summed E-state index contributed by atoms with van der Waals surface area (Å²) in [5.41, 5.74) is 3.70. The molecule has 1 aromatic heterocycles. The Bertz CT molecular complexity index is 890. The number of benzene rings is 2. The maximum atomic E-state index is 4.81. The van der Waals surface area contributed by atoms with Crippen molar-refractivity contribution in [1.29, 1.82) is 0 Å². The van der Waals surface area contributed by atoms with Crippen LogP contribution in [0.15, 0.2) is 65.7 Å². The third kappa shape index (κ3) is 5.39. The Morgan fingerprint density at radius 2 is 1.83 bits per heavy atom. The molecular formula is C24H31N5. The number of aliphatic imine (C=N–C) groups is 1. The molecule has 0 spiro atoms. The first-order valence-electron chi connectivity index (χ1n) is 10.7. The molecule has 1 aliphatic rings. The largest absolute Gasteiger partial charge is 0.357 e. The molecule has 1 saturated heterocycles. The molecule has 1 fully saturated rings. The number of guanidine groups is 1. The second-order valence-electron chi connectivity index (χ2n) is 7.76. The van der Waals surface area contributed by atoms with Crippen LogP contribution in [0.4, 0.5) is 0 Å². The zero-order chi connectivity index (χ0) is 19.9. The van der Waals surface area contributed by atoms with E-state index >= 15 is 0 Å². The Morgan fingerprint density at radius 3 is 2.59 bits per heavy atom. The number of fused-ring (bicyclic) bond motifs is 1. The highest BCUT2D eigenvalue weighted by molar-refractivity contribution is 5.81. The molecule has 0 unspecified atom stereocenters. The van der Waals surface area contributed by atoms with Gasteiger partial charge in [0.25, 0.3) is 0 Å².